The Morgan fingerprint density at radius 2 is 1.60 bits per heavy atom. The van der Waals surface area contributed by atoms with E-state index in [4.69, 9.17) is 9.47 Å². The summed E-state index contributed by atoms with van der Waals surface area (Å²) in [6.45, 7) is 6.31. The van der Waals surface area contributed by atoms with E-state index in [1.165, 1.54) is 33.0 Å². The highest BCUT2D eigenvalue weighted by molar-refractivity contribution is 6.02. The van der Waals surface area contributed by atoms with E-state index in [1.54, 1.807) is 7.11 Å². The van der Waals surface area contributed by atoms with E-state index >= 15 is 0 Å². The lowest BCUT2D eigenvalue weighted by Gasteiger charge is -2.32. The van der Waals surface area contributed by atoms with Crippen LogP contribution in [0, 0.1) is 11.8 Å². The summed E-state index contributed by atoms with van der Waals surface area (Å²) in [6, 6.07) is 33.0. The summed E-state index contributed by atoms with van der Waals surface area (Å²) in [5.74, 6) is 1.03. The van der Waals surface area contributed by atoms with Gasteiger partial charge in [0.15, 0.2) is 5.78 Å². The molecule has 3 heteroatoms. The van der Waals surface area contributed by atoms with Crippen molar-refractivity contribution in [1.82, 2.24) is 0 Å². The third-order valence-electron chi connectivity index (χ3n) is 8.79. The molecule has 1 saturated carbocycles. The average molecular weight is 560 g/mol. The van der Waals surface area contributed by atoms with Gasteiger partial charge in [0.05, 0.1) is 11.5 Å². The predicted octanol–water partition coefficient (Wildman–Crippen LogP) is 10.2. The number of hydrogen-bond donors (Lipinski definition) is 0. The van der Waals surface area contributed by atoms with Crippen molar-refractivity contribution >= 4 is 16.6 Å². The van der Waals surface area contributed by atoms with Crippen LogP contribution < -0.4 is 0 Å². The zero-order valence-electron chi connectivity index (χ0n) is 25.4. The Kier molecular flexibility index (Phi) is 9.59. The first-order valence-corrected chi connectivity index (χ1v) is 15.4. The molecular formula is C39H43O3. The maximum absolute atomic E-state index is 13.4. The molecule has 0 aromatic heterocycles. The Bertz CT molecular complexity index is 1520. The highest BCUT2D eigenvalue weighted by atomic mass is 16.5. The Morgan fingerprint density at radius 1 is 0.905 bits per heavy atom. The number of carbonyl (C=O) groups excluding carboxylic acids is 1. The van der Waals surface area contributed by atoms with E-state index in [2.05, 4.69) is 87.0 Å². The van der Waals surface area contributed by atoms with Gasteiger partial charge in [-0.2, -0.15) is 0 Å². The summed E-state index contributed by atoms with van der Waals surface area (Å²) >= 11 is 0. The molecule has 42 heavy (non-hydrogen) atoms. The highest BCUT2D eigenvalue weighted by Crippen LogP contribution is 2.48. The lowest BCUT2D eigenvalue weighted by atomic mass is 9.77. The zero-order valence-corrected chi connectivity index (χ0v) is 25.4. The number of methoxy groups -OCH3 is 1. The van der Waals surface area contributed by atoms with Gasteiger partial charge in [0, 0.05) is 12.7 Å². The van der Waals surface area contributed by atoms with Crippen LogP contribution >= 0.6 is 0 Å². The van der Waals surface area contributed by atoms with Crippen LogP contribution in [0.2, 0.25) is 0 Å². The summed E-state index contributed by atoms with van der Waals surface area (Å²) in [5.41, 5.74) is 5.28. The molecule has 0 heterocycles. The molecule has 3 atom stereocenters. The van der Waals surface area contributed by atoms with Gasteiger partial charge in [0.1, 0.15) is 11.9 Å². The summed E-state index contributed by atoms with van der Waals surface area (Å²) in [7, 11) is 1.79. The van der Waals surface area contributed by atoms with Crippen LogP contribution in [0.15, 0.2) is 108 Å². The Labute approximate surface area is 251 Å². The molecular weight excluding hydrogens is 516 g/mol. The first kappa shape index (κ1) is 29.8. The monoisotopic (exact) mass is 559 g/mol. The summed E-state index contributed by atoms with van der Waals surface area (Å²) < 4.78 is 12.2. The number of ether oxygens (including phenoxy) is 2. The topological polar surface area (TPSA) is 35.5 Å². The van der Waals surface area contributed by atoms with E-state index in [9.17, 15) is 4.79 Å². The highest BCUT2D eigenvalue weighted by Gasteiger charge is 2.43. The normalized spacial score (nSPS) is 18.7. The van der Waals surface area contributed by atoms with Crippen LogP contribution in [0.5, 0.6) is 0 Å². The first-order valence-electron chi connectivity index (χ1n) is 15.4. The van der Waals surface area contributed by atoms with Gasteiger partial charge in [-0.15, -0.1) is 0 Å². The molecule has 2 aliphatic rings. The molecule has 4 aromatic carbocycles. The second-order valence-electron chi connectivity index (χ2n) is 11.6. The van der Waals surface area contributed by atoms with Gasteiger partial charge in [-0.05, 0) is 78.5 Å². The van der Waals surface area contributed by atoms with Crippen molar-refractivity contribution in [2.75, 3.05) is 7.11 Å². The quantitative estimate of drug-likeness (QED) is 0.143. The third kappa shape index (κ3) is 6.37. The molecule has 1 fully saturated rings. The summed E-state index contributed by atoms with van der Waals surface area (Å²) in [5, 5.41) is 2.60. The number of ketones is 1. The van der Waals surface area contributed by atoms with E-state index in [0.29, 0.717) is 0 Å². The number of aryl methyl sites for hydroxylation is 1. The largest absolute Gasteiger partial charge is 0.489 e. The SMILES string of the molecule is CCC(C)(C(=O)c1ccccc1)C(OC1CCc2ccccc21)=C1[CH]C1.CCCC(OC)c1cccc2ccccc12. The average Bonchev–Trinajstić information content (AvgIpc) is 3.81. The number of hydrogen-bond acceptors (Lipinski definition) is 3. The molecule has 2 aliphatic carbocycles. The minimum Gasteiger partial charge on any atom is -0.489 e. The van der Waals surface area contributed by atoms with Crippen molar-refractivity contribution in [1.29, 1.82) is 0 Å². The first-order chi connectivity index (χ1) is 20.5. The predicted molar refractivity (Wildman–Crippen MR) is 172 cm³/mol. The van der Waals surface area contributed by atoms with Crippen molar-refractivity contribution in [2.45, 2.75) is 71.5 Å². The maximum atomic E-state index is 13.4. The van der Waals surface area contributed by atoms with E-state index < -0.39 is 5.41 Å². The number of fused-ring (bicyclic) bond motifs is 2. The molecule has 0 spiro atoms. The fourth-order valence-corrected chi connectivity index (χ4v) is 6.11. The lowest BCUT2D eigenvalue weighted by molar-refractivity contribution is 0.0509. The van der Waals surface area contributed by atoms with E-state index in [-0.39, 0.29) is 18.0 Å². The molecule has 0 bridgehead atoms. The van der Waals surface area contributed by atoms with Crippen molar-refractivity contribution in [2.24, 2.45) is 5.41 Å². The van der Waals surface area contributed by atoms with Gasteiger partial charge in [0.2, 0.25) is 0 Å². The molecule has 4 aromatic rings. The van der Waals surface area contributed by atoms with Crippen LogP contribution in [0.25, 0.3) is 10.8 Å². The van der Waals surface area contributed by atoms with Crippen molar-refractivity contribution in [3.8, 4) is 0 Å². The number of rotatable bonds is 10. The standard InChI is InChI=1S/C24H25O2.C15H18O/c1-3-24(2,22(25)18-10-5-4-6-11-18)23(19-13-14-19)26-21-16-15-17-9-7-8-12-20(17)21;1-3-7-15(16-2)14-11-6-9-12-8-4-5-10-13(12)14/h4-13,21H,3,14-16H2,1-2H3;4-6,8-11,15H,3,7H2,1-2H3. The fraction of sp³-hybridized carbons (Fsp3) is 0.333. The van der Waals surface area contributed by atoms with Gasteiger partial charge < -0.3 is 9.47 Å². The van der Waals surface area contributed by atoms with Gasteiger partial charge in [-0.3, -0.25) is 4.79 Å². The van der Waals surface area contributed by atoms with Crippen molar-refractivity contribution < 1.29 is 14.3 Å². The molecule has 0 N–H and O–H groups in total. The molecule has 0 saturated heterocycles. The van der Waals surface area contributed by atoms with Crippen LogP contribution in [0.1, 0.15) is 92.1 Å². The molecule has 3 unspecified atom stereocenters. The summed E-state index contributed by atoms with van der Waals surface area (Å²) in [6.07, 6.45) is 8.34. The lowest BCUT2D eigenvalue weighted by Crippen LogP contribution is -2.31. The van der Waals surface area contributed by atoms with Crippen LogP contribution in [0.4, 0.5) is 0 Å². The Balaban J connectivity index is 0.000000189. The maximum Gasteiger partial charge on any atom is 0.176 e. The van der Waals surface area contributed by atoms with Gasteiger partial charge in [0.25, 0.3) is 0 Å². The van der Waals surface area contributed by atoms with Crippen LogP contribution in [0.3, 0.4) is 0 Å². The molecule has 217 valence electrons. The Morgan fingerprint density at radius 3 is 2.31 bits per heavy atom. The second kappa shape index (κ2) is 13.5. The minimum absolute atomic E-state index is 0.0529. The molecule has 0 aliphatic heterocycles. The molecule has 6 rings (SSSR count). The van der Waals surface area contributed by atoms with Crippen LogP contribution in [-0.4, -0.2) is 12.9 Å². The van der Waals surface area contributed by atoms with Gasteiger partial charge in [-0.1, -0.05) is 117 Å². The number of allylic oxidation sites excluding steroid dienone is 2. The van der Waals surface area contributed by atoms with Crippen molar-refractivity contribution in [3.63, 3.8) is 0 Å². The van der Waals surface area contributed by atoms with E-state index in [1.807, 2.05) is 37.3 Å². The van der Waals surface area contributed by atoms with Gasteiger partial charge in [-0.25, -0.2) is 0 Å². The summed E-state index contributed by atoms with van der Waals surface area (Å²) in [4.78, 5) is 13.4. The minimum atomic E-state index is -0.624. The number of Topliss-reactive ketones (excluding diaryl/α,β-unsaturated/α-hetero) is 1. The third-order valence-corrected chi connectivity index (χ3v) is 8.79. The number of carbonyl (C=O) groups is 1. The number of benzene rings is 4. The second-order valence-corrected chi connectivity index (χ2v) is 11.6. The van der Waals surface area contributed by atoms with Gasteiger partial charge >= 0.3 is 0 Å². The fourth-order valence-electron chi connectivity index (χ4n) is 6.11. The van der Waals surface area contributed by atoms with Crippen LogP contribution in [-0.2, 0) is 15.9 Å². The zero-order chi connectivity index (χ0) is 29.5. The smallest absolute Gasteiger partial charge is 0.176 e. The Hall–Kier alpha value is -3.69. The van der Waals surface area contributed by atoms with E-state index in [0.717, 1.165) is 49.8 Å². The molecule has 3 nitrogen and oxygen atoms in total. The molecule has 1 radical (unpaired) electrons. The molecule has 0 amide bonds. The van der Waals surface area contributed by atoms with Crippen molar-refractivity contribution in [3.05, 3.63) is 137 Å².